The molecule has 18 heavy (non-hydrogen) atoms. The van der Waals surface area contributed by atoms with Crippen LogP contribution in [0.5, 0.6) is 0 Å². The second kappa shape index (κ2) is 7.51. The molecule has 0 aromatic heterocycles. The van der Waals surface area contributed by atoms with E-state index in [-0.39, 0.29) is 10.8 Å². The predicted molar refractivity (Wildman–Crippen MR) is 75.1 cm³/mol. The number of nitrogens with zero attached hydrogens (tertiary/aromatic N) is 1. The molecule has 1 atom stereocenters. The maximum absolute atomic E-state index is 11.8. The lowest BCUT2D eigenvalue weighted by Gasteiger charge is -2.31. The Morgan fingerprint density at radius 3 is 2.22 bits per heavy atom. The van der Waals surface area contributed by atoms with Crippen molar-refractivity contribution in [3.8, 4) is 0 Å². The molecule has 0 aromatic rings. The number of urea groups is 1. The van der Waals surface area contributed by atoms with Gasteiger partial charge in [0.05, 0.1) is 0 Å². The SMILES string of the molecule is CCC(CC)(CNC(=O)N(C)C(C)C(=O)O)SC. The van der Waals surface area contributed by atoms with Crippen molar-refractivity contribution in [3.63, 3.8) is 0 Å². The van der Waals surface area contributed by atoms with Gasteiger partial charge in [-0.3, -0.25) is 0 Å². The van der Waals surface area contributed by atoms with E-state index in [1.165, 1.54) is 18.9 Å². The van der Waals surface area contributed by atoms with Crippen LogP contribution in [0, 0.1) is 0 Å². The number of thioether (sulfide) groups is 1. The average molecular weight is 276 g/mol. The summed E-state index contributed by atoms with van der Waals surface area (Å²) in [5, 5.41) is 11.7. The molecule has 0 saturated carbocycles. The number of aliphatic carboxylic acids is 1. The average Bonchev–Trinajstić information content (AvgIpc) is 2.38. The van der Waals surface area contributed by atoms with Crippen LogP contribution in [0.4, 0.5) is 4.79 Å². The van der Waals surface area contributed by atoms with Crippen LogP contribution in [0.25, 0.3) is 0 Å². The molecular weight excluding hydrogens is 252 g/mol. The molecule has 0 heterocycles. The van der Waals surface area contributed by atoms with E-state index in [1.807, 2.05) is 6.26 Å². The first-order valence-corrected chi connectivity index (χ1v) is 7.34. The maximum atomic E-state index is 11.8. The Labute approximate surface area is 113 Å². The molecule has 1 unspecified atom stereocenters. The second-order valence-corrected chi connectivity index (χ2v) is 5.65. The number of hydrogen-bond donors (Lipinski definition) is 2. The Kier molecular flexibility index (Phi) is 7.13. The fourth-order valence-corrected chi connectivity index (χ4v) is 2.36. The molecule has 2 amide bonds. The number of likely N-dealkylation sites (N-methyl/N-ethyl adjacent to an activating group) is 1. The van der Waals surface area contributed by atoms with Crippen molar-refractivity contribution in [2.24, 2.45) is 0 Å². The van der Waals surface area contributed by atoms with Gasteiger partial charge in [-0.15, -0.1) is 0 Å². The number of carbonyl (C=O) groups excluding carboxylic acids is 1. The zero-order valence-corrected chi connectivity index (χ0v) is 12.6. The van der Waals surface area contributed by atoms with E-state index < -0.39 is 12.0 Å². The number of carbonyl (C=O) groups is 2. The van der Waals surface area contributed by atoms with Gasteiger partial charge in [0.15, 0.2) is 0 Å². The summed E-state index contributed by atoms with van der Waals surface area (Å²) in [4.78, 5) is 23.8. The third kappa shape index (κ3) is 4.40. The summed E-state index contributed by atoms with van der Waals surface area (Å²) in [6.45, 7) is 6.23. The fourth-order valence-electron chi connectivity index (χ4n) is 1.56. The number of nitrogens with one attached hydrogen (secondary N) is 1. The van der Waals surface area contributed by atoms with Crippen LogP contribution in [-0.4, -0.2) is 52.6 Å². The molecule has 0 aromatic carbocycles. The predicted octanol–water partition coefficient (Wildman–Crippen LogP) is 2.02. The summed E-state index contributed by atoms with van der Waals surface area (Å²) in [5.41, 5.74) is 0. The molecule has 0 radical (unpaired) electrons. The lowest BCUT2D eigenvalue weighted by Crippen LogP contribution is -2.49. The number of carboxylic acid groups (broad SMARTS) is 1. The highest BCUT2D eigenvalue weighted by atomic mass is 32.2. The minimum absolute atomic E-state index is 0.0307. The number of amides is 2. The van der Waals surface area contributed by atoms with Crippen LogP contribution in [-0.2, 0) is 4.79 Å². The van der Waals surface area contributed by atoms with Crippen molar-refractivity contribution in [2.75, 3.05) is 19.8 Å². The first-order chi connectivity index (χ1) is 8.33. The van der Waals surface area contributed by atoms with Crippen LogP contribution in [0.2, 0.25) is 0 Å². The van der Waals surface area contributed by atoms with Gasteiger partial charge in [0, 0.05) is 18.3 Å². The van der Waals surface area contributed by atoms with Gasteiger partial charge >= 0.3 is 12.0 Å². The van der Waals surface area contributed by atoms with Crippen molar-refractivity contribution in [1.29, 1.82) is 0 Å². The van der Waals surface area contributed by atoms with Crippen LogP contribution in [0.1, 0.15) is 33.6 Å². The highest BCUT2D eigenvalue weighted by Crippen LogP contribution is 2.29. The summed E-state index contributed by atoms with van der Waals surface area (Å²) in [6.07, 6.45) is 3.95. The quantitative estimate of drug-likeness (QED) is 0.746. The van der Waals surface area contributed by atoms with Crippen molar-refractivity contribution in [1.82, 2.24) is 10.2 Å². The molecule has 0 spiro atoms. The van der Waals surface area contributed by atoms with Crippen molar-refractivity contribution < 1.29 is 14.7 Å². The van der Waals surface area contributed by atoms with E-state index in [1.54, 1.807) is 11.8 Å². The fraction of sp³-hybridized carbons (Fsp3) is 0.833. The van der Waals surface area contributed by atoms with E-state index in [0.29, 0.717) is 6.54 Å². The van der Waals surface area contributed by atoms with Gasteiger partial charge in [0.1, 0.15) is 6.04 Å². The Balaban J connectivity index is 4.45. The van der Waals surface area contributed by atoms with Crippen LogP contribution in [0.3, 0.4) is 0 Å². The molecular formula is C12H24N2O3S. The van der Waals surface area contributed by atoms with E-state index in [2.05, 4.69) is 19.2 Å². The van der Waals surface area contributed by atoms with Gasteiger partial charge in [-0.25, -0.2) is 9.59 Å². The summed E-state index contributed by atoms with van der Waals surface area (Å²) < 4.78 is 0.0307. The summed E-state index contributed by atoms with van der Waals surface area (Å²) in [6, 6.07) is -1.16. The monoisotopic (exact) mass is 276 g/mol. The number of rotatable bonds is 7. The minimum atomic E-state index is -1.00. The molecule has 0 saturated heterocycles. The van der Waals surface area contributed by atoms with Crippen LogP contribution >= 0.6 is 11.8 Å². The van der Waals surface area contributed by atoms with E-state index >= 15 is 0 Å². The summed E-state index contributed by atoms with van der Waals surface area (Å²) in [7, 11) is 1.49. The smallest absolute Gasteiger partial charge is 0.326 e. The Morgan fingerprint density at radius 2 is 1.89 bits per heavy atom. The van der Waals surface area contributed by atoms with Gasteiger partial charge in [-0.1, -0.05) is 13.8 Å². The second-order valence-electron chi connectivity index (χ2n) is 4.38. The first kappa shape index (κ1) is 17.1. The lowest BCUT2D eigenvalue weighted by molar-refractivity contribution is -0.141. The van der Waals surface area contributed by atoms with Crippen molar-refractivity contribution in [3.05, 3.63) is 0 Å². The third-order valence-electron chi connectivity index (χ3n) is 3.54. The van der Waals surface area contributed by atoms with E-state index in [4.69, 9.17) is 5.11 Å². The molecule has 106 valence electrons. The molecule has 0 aliphatic heterocycles. The first-order valence-electron chi connectivity index (χ1n) is 6.12. The molecule has 2 N–H and O–H groups in total. The van der Waals surface area contributed by atoms with Crippen molar-refractivity contribution >= 4 is 23.8 Å². The molecule has 0 aliphatic carbocycles. The topological polar surface area (TPSA) is 69.6 Å². The molecule has 0 fully saturated rings. The van der Waals surface area contributed by atoms with E-state index in [0.717, 1.165) is 12.8 Å². The summed E-state index contributed by atoms with van der Waals surface area (Å²) >= 11 is 1.74. The Hall–Kier alpha value is -0.910. The Morgan fingerprint density at radius 1 is 1.39 bits per heavy atom. The lowest BCUT2D eigenvalue weighted by atomic mass is 10.0. The highest BCUT2D eigenvalue weighted by molar-refractivity contribution is 8.00. The molecule has 0 rings (SSSR count). The van der Waals surface area contributed by atoms with Gasteiger partial charge in [-0.2, -0.15) is 11.8 Å². The molecule has 5 nitrogen and oxygen atoms in total. The molecule has 0 bridgehead atoms. The number of hydrogen-bond acceptors (Lipinski definition) is 3. The zero-order chi connectivity index (χ0) is 14.3. The minimum Gasteiger partial charge on any atom is -0.480 e. The summed E-state index contributed by atoms with van der Waals surface area (Å²) in [5.74, 6) is -1.00. The normalized spacial score (nSPS) is 12.9. The van der Waals surface area contributed by atoms with Gasteiger partial charge in [0.2, 0.25) is 0 Å². The van der Waals surface area contributed by atoms with E-state index in [9.17, 15) is 9.59 Å². The number of carboxylic acids is 1. The van der Waals surface area contributed by atoms with Gasteiger partial charge in [-0.05, 0) is 26.0 Å². The Bertz CT molecular complexity index is 285. The molecule has 0 aliphatic rings. The largest absolute Gasteiger partial charge is 0.480 e. The standard InChI is InChI=1S/C12H24N2O3S/c1-6-12(7-2,18-5)8-13-11(17)14(4)9(3)10(15)16/h9H,6-8H2,1-5H3,(H,13,17)(H,15,16). The molecule has 6 heteroatoms. The van der Waals surface area contributed by atoms with Gasteiger partial charge in [0.25, 0.3) is 0 Å². The van der Waals surface area contributed by atoms with Crippen LogP contribution < -0.4 is 5.32 Å². The maximum Gasteiger partial charge on any atom is 0.326 e. The zero-order valence-electron chi connectivity index (χ0n) is 11.8. The highest BCUT2D eigenvalue weighted by Gasteiger charge is 2.27. The third-order valence-corrected chi connectivity index (χ3v) is 5.13. The van der Waals surface area contributed by atoms with Gasteiger partial charge < -0.3 is 15.3 Å². The van der Waals surface area contributed by atoms with Crippen LogP contribution in [0.15, 0.2) is 0 Å². The van der Waals surface area contributed by atoms with Crippen molar-refractivity contribution in [2.45, 2.75) is 44.4 Å².